The van der Waals surface area contributed by atoms with Crippen LogP contribution in [0.4, 0.5) is 13.2 Å². The van der Waals surface area contributed by atoms with Crippen LogP contribution in [0.25, 0.3) is 0 Å². The lowest BCUT2D eigenvalue weighted by molar-refractivity contribution is -0.192. The first-order valence-electron chi connectivity index (χ1n) is 9.40. The van der Waals surface area contributed by atoms with E-state index in [1.807, 2.05) is 11.9 Å². The van der Waals surface area contributed by atoms with Crippen molar-refractivity contribution in [2.75, 3.05) is 20.1 Å². The highest BCUT2D eigenvalue weighted by atomic mass is 35.5. The number of phenolic OH excluding ortho intramolecular Hbond substituents is 1. The summed E-state index contributed by atoms with van der Waals surface area (Å²) in [5.41, 5.74) is 0.245. The number of aromatic hydroxyl groups is 1. The van der Waals surface area contributed by atoms with Crippen molar-refractivity contribution in [2.24, 2.45) is 0 Å². The number of thiophene rings is 1. The van der Waals surface area contributed by atoms with Crippen molar-refractivity contribution in [1.82, 2.24) is 4.90 Å². The monoisotopic (exact) mass is 597 g/mol. The lowest BCUT2D eigenvalue weighted by atomic mass is 10.1. The molecule has 16 heteroatoms. The van der Waals surface area contributed by atoms with Crippen LogP contribution < -0.4 is 0 Å². The van der Waals surface area contributed by atoms with Gasteiger partial charge < -0.3 is 19.8 Å². The maximum Gasteiger partial charge on any atom is 0.490 e. The predicted octanol–water partition coefficient (Wildman–Crippen LogP) is 4.88. The number of carbonyl (C=O) groups excluding carboxylic acids is 1. The number of phenols is 1. The Morgan fingerprint density at radius 1 is 1.23 bits per heavy atom. The van der Waals surface area contributed by atoms with Crippen molar-refractivity contribution in [3.63, 3.8) is 0 Å². The van der Waals surface area contributed by atoms with E-state index in [1.165, 1.54) is 18.2 Å². The van der Waals surface area contributed by atoms with Crippen molar-refractivity contribution >= 4 is 67.9 Å². The minimum absolute atomic E-state index is 0.0228. The molecule has 3 rings (SSSR count). The van der Waals surface area contributed by atoms with Gasteiger partial charge in [-0.1, -0.05) is 40.9 Å². The first-order chi connectivity index (χ1) is 16.0. The summed E-state index contributed by atoms with van der Waals surface area (Å²) in [6.07, 6.45) is -4.59. The van der Waals surface area contributed by atoms with Gasteiger partial charge >= 0.3 is 18.1 Å². The summed E-state index contributed by atoms with van der Waals surface area (Å²) < 4.78 is 62.5. The zero-order valence-corrected chi connectivity index (χ0v) is 21.5. The minimum atomic E-state index is -5.08. The van der Waals surface area contributed by atoms with Crippen LogP contribution in [-0.2, 0) is 25.1 Å². The van der Waals surface area contributed by atoms with Crippen molar-refractivity contribution in [3.05, 3.63) is 43.0 Å². The second-order valence-corrected chi connectivity index (χ2v) is 11.8. The topological polar surface area (TPSA) is 121 Å². The summed E-state index contributed by atoms with van der Waals surface area (Å²) in [5, 5.41) is 17.2. The number of sulfone groups is 1. The van der Waals surface area contributed by atoms with E-state index in [2.05, 4.69) is 0 Å². The zero-order valence-electron chi connectivity index (χ0n) is 17.6. The van der Waals surface area contributed by atoms with Gasteiger partial charge in [0.2, 0.25) is 0 Å². The standard InChI is InChI=1S/C17H16Cl3NO5S2.C2HF3O2/c1-21-5-4-10(7-21)26-17(23)11-3-2-9(6-12(11)22)8-28(24,25)14-13(18)15(19)27-16(14)20;3-2(4,5)1(6)7/h2-3,6,10,22H,4-5,7-8H2,1H3;(H,6,7). The van der Waals surface area contributed by atoms with Crippen LogP contribution in [0.15, 0.2) is 23.1 Å². The van der Waals surface area contributed by atoms with E-state index >= 15 is 0 Å². The molecule has 2 aromatic rings. The van der Waals surface area contributed by atoms with Gasteiger partial charge in [0.15, 0.2) is 9.84 Å². The van der Waals surface area contributed by atoms with Crippen molar-refractivity contribution in [3.8, 4) is 5.75 Å². The number of carboxylic acids is 1. The van der Waals surface area contributed by atoms with Gasteiger partial charge in [-0.05, 0) is 31.2 Å². The summed E-state index contributed by atoms with van der Waals surface area (Å²) in [6, 6.07) is 3.99. The van der Waals surface area contributed by atoms with Crippen LogP contribution in [0.3, 0.4) is 0 Å². The number of alkyl halides is 3. The van der Waals surface area contributed by atoms with E-state index in [9.17, 15) is 31.5 Å². The minimum Gasteiger partial charge on any atom is -0.507 e. The molecule has 8 nitrogen and oxygen atoms in total. The first-order valence-corrected chi connectivity index (χ1v) is 13.0. The molecule has 2 N–H and O–H groups in total. The van der Waals surface area contributed by atoms with E-state index in [1.54, 1.807) is 0 Å². The summed E-state index contributed by atoms with van der Waals surface area (Å²) in [4.78, 5) is 23.0. The Bertz CT molecular complexity index is 1220. The Balaban J connectivity index is 0.000000540. The zero-order chi connectivity index (χ0) is 26.7. The first kappa shape index (κ1) is 29.5. The van der Waals surface area contributed by atoms with Crippen LogP contribution in [-0.4, -0.2) is 67.9 Å². The lowest BCUT2D eigenvalue weighted by Crippen LogP contribution is -2.22. The molecule has 35 heavy (non-hydrogen) atoms. The SMILES string of the molecule is CN1CCC(OC(=O)c2ccc(CS(=O)(=O)c3c(Cl)sc(Cl)c3Cl)cc2O)C1.O=C(O)C(F)(F)F. The van der Waals surface area contributed by atoms with Crippen molar-refractivity contribution < 1.29 is 46.1 Å². The highest BCUT2D eigenvalue weighted by Crippen LogP contribution is 2.43. The number of halogens is 6. The number of ether oxygens (including phenoxy) is 1. The van der Waals surface area contributed by atoms with E-state index in [-0.39, 0.29) is 41.6 Å². The van der Waals surface area contributed by atoms with Gasteiger partial charge in [-0.25, -0.2) is 18.0 Å². The number of rotatable bonds is 5. The smallest absolute Gasteiger partial charge is 0.490 e. The fourth-order valence-electron chi connectivity index (χ4n) is 2.94. The molecule has 194 valence electrons. The normalized spacial score (nSPS) is 16.5. The molecule has 1 saturated heterocycles. The third kappa shape index (κ3) is 7.86. The van der Waals surface area contributed by atoms with Crippen LogP contribution >= 0.6 is 46.1 Å². The van der Waals surface area contributed by atoms with E-state index < -0.39 is 33.7 Å². The van der Waals surface area contributed by atoms with Crippen LogP contribution in [0, 0.1) is 0 Å². The molecule has 2 heterocycles. The molecular formula is C19H17Cl3F3NO7S2. The Kier molecular flexibility index (Phi) is 9.70. The molecule has 1 aliphatic heterocycles. The fourth-order valence-corrected chi connectivity index (χ4v) is 7.28. The molecule has 0 radical (unpaired) electrons. The number of carboxylic acid groups (broad SMARTS) is 1. The maximum absolute atomic E-state index is 12.6. The van der Waals surface area contributed by atoms with Gasteiger partial charge in [0.05, 0.1) is 10.8 Å². The number of likely N-dealkylation sites (N-methyl/N-ethyl adjacent to an activating group) is 1. The molecule has 1 aliphatic rings. The van der Waals surface area contributed by atoms with Crippen LogP contribution in [0.2, 0.25) is 13.7 Å². The average molecular weight is 599 g/mol. The number of carbonyl (C=O) groups is 2. The molecule has 0 spiro atoms. The molecule has 1 aromatic heterocycles. The van der Waals surface area contributed by atoms with Crippen LogP contribution in [0.1, 0.15) is 22.3 Å². The molecule has 1 aromatic carbocycles. The fraction of sp³-hybridized carbons (Fsp3) is 0.368. The Labute approximate surface area is 216 Å². The van der Waals surface area contributed by atoms with Gasteiger partial charge in [0, 0.05) is 13.1 Å². The number of hydrogen-bond donors (Lipinski definition) is 2. The highest BCUT2D eigenvalue weighted by molar-refractivity contribution is 7.91. The van der Waals surface area contributed by atoms with E-state index in [0.717, 1.165) is 24.3 Å². The van der Waals surface area contributed by atoms with Gasteiger partial charge in [0.1, 0.15) is 31.0 Å². The second-order valence-electron chi connectivity index (χ2n) is 7.28. The number of esters is 1. The van der Waals surface area contributed by atoms with Crippen molar-refractivity contribution in [2.45, 2.75) is 29.3 Å². The number of likely N-dealkylation sites (tertiary alicyclic amines) is 1. The molecule has 1 atom stereocenters. The third-order valence-electron chi connectivity index (χ3n) is 4.54. The Morgan fingerprint density at radius 2 is 1.83 bits per heavy atom. The quantitative estimate of drug-likeness (QED) is 0.467. The largest absolute Gasteiger partial charge is 0.507 e. The lowest BCUT2D eigenvalue weighted by Gasteiger charge is -2.13. The van der Waals surface area contributed by atoms with Gasteiger partial charge in [-0.3, -0.25) is 0 Å². The molecule has 1 unspecified atom stereocenters. The van der Waals surface area contributed by atoms with E-state index in [4.69, 9.17) is 49.4 Å². The summed E-state index contributed by atoms with van der Waals surface area (Å²) in [7, 11) is -1.97. The van der Waals surface area contributed by atoms with E-state index in [0.29, 0.717) is 6.54 Å². The number of nitrogens with zero attached hydrogens (tertiary/aromatic N) is 1. The molecule has 0 bridgehead atoms. The summed E-state index contributed by atoms with van der Waals surface area (Å²) >= 11 is 18.6. The Morgan fingerprint density at radius 3 is 2.26 bits per heavy atom. The molecule has 0 amide bonds. The number of hydrogen-bond acceptors (Lipinski definition) is 8. The molecular weight excluding hydrogens is 582 g/mol. The van der Waals surface area contributed by atoms with Gasteiger partial charge in [-0.15, -0.1) is 11.3 Å². The summed E-state index contributed by atoms with van der Waals surface area (Å²) in [6.45, 7) is 1.46. The predicted molar refractivity (Wildman–Crippen MR) is 123 cm³/mol. The second kappa shape index (κ2) is 11.5. The Hall–Kier alpha value is -1.77. The highest BCUT2D eigenvalue weighted by Gasteiger charge is 2.38. The molecule has 0 aliphatic carbocycles. The number of aliphatic carboxylic acids is 1. The summed E-state index contributed by atoms with van der Waals surface area (Å²) in [5.74, 6) is -4.23. The third-order valence-corrected chi connectivity index (χ3v) is 8.83. The molecule has 0 saturated carbocycles. The van der Waals surface area contributed by atoms with Gasteiger partial charge in [0.25, 0.3) is 0 Å². The number of benzene rings is 1. The van der Waals surface area contributed by atoms with Crippen molar-refractivity contribution in [1.29, 1.82) is 0 Å². The average Bonchev–Trinajstić information content (AvgIpc) is 3.22. The maximum atomic E-state index is 12.6. The molecule has 1 fully saturated rings. The van der Waals surface area contributed by atoms with Crippen LogP contribution in [0.5, 0.6) is 5.75 Å². The van der Waals surface area contributed by atoms with Gasteiger partial charge in [-0.2, -0.15) is 13.2 Å².